The molecule has 9 aromatic carbocycles. The molecule has 2 nitrogen and oxygen atoms in total. The number of para-hydroxylation sites is 3. The molecule has 0 fully saturated rings. The summed E-state index contributed by atoms with van der Waals surface area (Å²) in [4.78, 5) is 0. The zero-order chi connectivity index (χ0) is 36.3. The van der Waals surface area contributed by atoms with E-state index >= 15 is 0 Å². The van der Waals surface area contributed by atoms with E-state index in [-0.39, 0.29) is 0 Å². The molecule has 1 unspecified atom stereocenters. The van der Waals surface area contributed by atoms with E-state index in [0.29, 0.717) is 0 Å². The number of hydrogen-bond acceptors (Lipinski definition) is 1. The standard InChI is InChI=1S/C52H35NOSi/c1-2-14-36(15-3-1)37-28-32-40(33-29-37)55(41-34-30-39(31-35-41)53-47-23-8-6-19-44(47)45-20-7-9-24-48(45)53)51-27-11-10-25-49(51)54-50-26-13-22-46(52(50)55)43-21-12-17-38-16-4-5-18-42(38)43/h1-35H. The van der Waals surface area contributed by atoms with Gasteiger partial charge in [0.15, 0.2) is 8.07 Å². The van der Waals surface area contributed by atoms with Crippen molar-refractivity contribution >= 4 is 61.4 Å². The summed E-state index contributed by atoms with van der Waals surface area (Å²) in [6.07, 6.45) is 0. The fourth-order valence-corrected chi connectivity index (χ4v) is 14.3. The van der Waals surface area contributed by atoms with Crippen LogP contribution in [0, 0.1) is 0 Å². The van der Waals surface area contributed by atoms with Crippen LogP contribution in [0.25, 0.3) is 60.5 Å². The van der Waals surface area contributed by atoms with Crippen molar-refractivity contribution in [3.63, 3.8) is 0 Å². The number of aromatic nitrogens is 1. The van der Waals surface area contributed by atoms with Crippen molar-refractivity contribution in [2.24, 2.45) is 0 Å². The molecule has 2 heterocycles. The maximum Gasteiger partial charge on any atom is 0.189 e. The topological polar surface area (TPSA) is 14.2 Å². The molecule has 1 aliphatic rings. The maximum absolute atomic E-state index is 6.95. The molecule has 11 rings (SSSR count). The van der Waals surface area contributed by atoms with E-state index in [1.54, 1.807) is 0 Å². The predicted molar refractivity (Wildman–Crippen MR) is 233 cm³/mol. The Balaban J connectivity index is 1.22. The van der Waals surface area contributed by atoms with Crippen LogP contribution in [0.15, 0.2) is 212 Å². The van der Waals surface area contributed by atoms with Crippen molar-refractivity contribution in [1.82, 2.24) is 4.57 Å². The molecule has 0 bridgehead atoms. The van der Waals surface area contributed by atoms with Crippen molar-refractivity contribution in [3.8, 4) is 39.4 Å². The van der Waals surface area contributed by atoms with Gasteiger partial charge in [0.2, 0.25) is 0 Å². The van der Waals surface area contributed by atoms with Gasteiger partial charge in [0.1, 0.15) is 11.5 Å². The summed E-state index contributed by atoms with van der Waals surface area (Å²) >= 11 is 0. The van der Waals surface area contributed by atoms with Gasteiger partial charge in [0.25, 0.3) is 0 Å². The highest BCUT2D eigenvalue weighted by atomic mass is 28.3. The van der Waals surface area contributed by atoms with Gasteiger partial charge in [0, 0.05) is 21.6 Å². The lowest BCUT2D eigenvalue weighted by atomic mass is 9.98. The first-order valence-electron chi connectivity index (χ1n) is 18.9. The van der Waals surface area contributed by atoms with E-state index in [0.717, 1.165) is 17.2 Å². The molecule has 258 valence electrons. The van der Waals surface area contributed by atoms with Gasteiger partial charge in [-0.05, 0) is 85.0 Å². The molecule has 1 aromatic heterocycles. The molecule has 1 aliphatic heterocycles. The van der Waals surface area contributed by atoms with Gasteiger partial charge in [-0.3, -0.25) is 0 Å². The molecule has 0 saturated carbocycles. The van der Waals surface area contributed by atoms with E-state index in [1.807, 2.05) is 0 Å². The van der Waals surface area contributed by atoms with Crippen LogP contribution in [0.4, 0.5) is 0 Å². The fourth-order valence-electron chi connectivity index (χ4n) is 9.18. The van der Waals surface area contributed by atoms with Gasteiger partial charge in [0.05, 0.1) is 11.0 Å². The van der Waals surface area contributed by atoms with Gasteiger partial charge in [-0.25, -0.2) is 0 Å². The van der Waals surface area contributed by atoms with Crippen LogP contribution in [-0.2, 0) is 0 Å². The number of rotatable bonds is 5. The summed E-state index contributed by atoms with van der Waals surface area (Å²) in [5.41, 5.74) is 8.42. The molecule has 10 aromatic rings. The van der Waals surface area contributed by atoms with E-state index < -0.39 is 8.07 Å². The highest BCUT2D eigenvalue weighted by molar-refractivity contribution is 7.21. The summed E-state index contributed by atoms with van der Waals surface area (Å²) < 4.78 is 9.36. The molecule has 1 atom stereocenters. The molecular weight excluding hydrogens is 683 g/mol. The minimum absolute atomic E-state index is 0.925. The Bertz CT molecular complexity index is 3000. The third kappa shape index (κ3) is 4.80. The monoisotopic (exact) mass is 717 g/mol. The van der Waals surface area contributed by atoms with E-state index in [4.69, 9.17) is 4.74 Å². The second-order valence-electron chi connectivity index (χ2n) is 14.4. The largest absolute Gasteiger partial charge is 0.458 e. The zero-order valence-electron chi connectivity index (χ0n) is 30.1. The Morgan fingerprint density at radius 2 is 0.891 bits per heavy atom. The Labute approximate surface area is 321 Å². The van der Waals surface area contributed by atoms with Crippen LogP contribution in [0.5, 0.6) is 11.5 Å². The van der Waals surface area contributed by atoms with Gasteiger partial charge in [-0.15, -0.1) is 0 Å². The Morgan fingerprint density at radius 3 is 1.64 bits per heavy atom. The summed E-state index contributed by atoms with van der Waals surface area (Å²) in [6, 6.07) is 77.8. The van der Waals surface area contributed by atoms with Crippen molar-refractivity contribution < 1.29 is 4.74 Å². The van der Waals surface area contributed by atoms with Crippen LogP contribution >= 0.6 is 0 Å². The average molecular weight is 718 g/mol. The number of nitrogens with zero attached hydrogens (tertiary/aromatic N) is 1. The summed E-state index contributed by atoms with van der Waals surface area (Å²) in [7, 11) is -3.06. The number of ether oxygens (including phenoxy) is 1. The first kappa shape index (κ1) is 31.6. The molecule has 0 radical (unpaired) electrons. The van der Waals surface area contributed by atoms with Crippen molar-refractivity contribution in [2.75, 3.05) is 0 Å². The Morgan fingerprint density at radius 1 is 0.364 bits per heavy atom. The minimum atomic E-state index is -3.06. The minimum Gasteiger partial charge on any atom is -0.458 e. The third-order valence-corrected chi connectivity index (χ3v) is 16.4. The maximum atomic E-state index is 6.95. The molecule has 0 saturated heterocycles. The summed E-state index contributed by atoms with van der Waals surface area (Å²) in [6.45, 7) is 0. The summed E-state index contributed by atoms with van der Waals surface area (Å²) in [5.74, 6) is 1.85. The van der Waals surface area contributed by atoms with Crippen LogP contribution in [-0.4, -0.2) is 12.6 Å². The predicted octanol–water partition coefficient (Wildman–Crippen LogP) is 10.8. The van der Waals surface area contributed by atoms with Gasteiger partial charge < -0.3 is 9.30 Å². The molecule has 0 aliphatic carbocycles. The average Bonchev–Trinajstić information content (AvgIpc) is 3.60. The SMILES string of the molecule is c1ccc(-c2ccc([Si]3(c4ccc(-n5c6ccccc6c6ccccc65)cc4)c4ccccc4Oc4cccc(-c5cccc6ccccc56)c43)cc2)cc1. The first-order valence-corrected chi connectivity index (χ1v) is 20.9. The molecule has 0 amide bonds. The summed E-state index contributed by atoms with van der Waals surface area (Å²) in [5, 5.41) is 10.2. The Hall–Kier alpha value is -6.94. The highest BCUT2D eigenvalue weighted by Crippen LogP contribution is 2.37. The molecular formula is C52H35NOSi. The fraction of sp³-hybridized carbons (Fsp3) is 0. The highest BCUT2D eigenvalue weighted by Gasteiger charge is 2.49. The molecule has 0 spiro atoms. The molecule has 55 heavy (non-hydrogen) atoms. The quantitative estimate of drug-likeness (QED) is 0.162. The second-order valence-corrected chi connectivity index (χ2v) is 18.1. The van der Waals surface area contributed by atoms with Gasteiger partial charge >= 0.3 is 0 Å². The van der Waals surface area contributed by atoms with Crippen LogP contribution < -0.4 is 25.5 Å². The van der Waals surface area contributed by atoms with Gasteiger partial charge in [-0.2, -0.15) is 0 Å². The number of hydrogen-bond donors (Lipinski definition) is 0. The molecule has 0 N–H and O–H groups in total. The zero-order valence-corrected chi connectivity index (χ0v) is 31.1. The number of benzene rings is 9. The first-order chi connectivity index (χ1) is 27.3. The van der Waals surface area contributed by atoms with Crippen LogP contribution in [0.3, 0.4) is 0 Å². The lowest BCUT2D eigenvalue weighted by Gasteiger charge is -2.41. The van der Waals surface area contributed by atoms with Gasteiger partial charge in [-0.1, -0.05) is 176 Å². The lowest BCUT2D eigenvalue weighted by molar-refractivity contribution is 0.487. The van der Waals surface area contributed by atoms with Crippen molar-refractivity contribution in [1.29, 1.82) is 0 Å². The number of fused-ring (bicyclic) bond motifs is 6. The van der Waals surface area contributed by atoms with E-state index in [1.165, 1.54) is 75.6 Å². The smallest absolute Gasteiger partial charge is 0.189 e. The van der Waals surface area contributed by atoms with Crippen LogP contribution in [0.2, 0.25) is 0 Å². The second kappa shape index (κ2) is 12.6. The normalized spacial score (nSPS) is 14.8. The van der Waals surface area contributed by atoms with Crippen molar-refractivity contribution in [2.45, 2.75) is 0 Å². The Kier molecular flexibility index (Phi) is 7.22. The van der Waals surface area contributed by atoms with Crippen molar-refractivity contribution in [3.05, 3.63) is 212 Å². The lowest BCUT2D eigenvalue weighted by Crippen LogP contribution is -2.76. The molecule has 3 heteroatoms. The van der Waals surface area contributed by atoms with E-state index in [9.17, 15) is 0 Å². The van der Waals surface area contributed by atoms with E-state index in [2.05, 4.69) is 217 Å². The third-order valence-electron chi connectivity index (χ3n) is 11.6. The van der Waals surface area contributed by atoms with Crippen LogP contribution in [0.1, 0.15) is 0 Å².